The highest BCUT2D eigenvalue weighted by Crippen LogP contribution is 2.17. The Balaban J connectivity index is 1.71. The van der Waals surface area contributed by atoms with E-state index in [4.69, 9.17) is 4.74 Å². The Kier molecular flexibility index (Phi) is 6.27. The molecule has 0 aromatic heterocycles. The Labute approximate surface area is 132 Å². The van der Waals surface area contributed by atoms with Crippen molar-refractivity contribution in [1.29, 1.82) is 5.26 Å². The predicted molar refractivity (Wildman–Crippen MR) is 85.5 cm³/mol. The van der Waals surface area contributed by atoms with E-state index in [-0.39, 0.29) is 5.91 Å². The highest BCUT2D eigenvalue weighted by Gasteiger charge is 2.25. The first-order valence-electron chi connectivity index (χ1n) is 8.14. The van der Waals surface area contributed by atoms with Crippen LogP contribution in [0.1, 0.15) is 38.2 Å². The van der Waals surface area contributed by atoms with Gasteiger partial charge in [0.1, 0.15) is 11.7 Å². The summed E-state index contributed by atoms with van der Waals surface area (Å²) in [7, 11) is 0. The predicted octanol–water partition coefficient (Wildman–Crippen LogP) is 3.17. The fourth-order valence-corrected chi connectivity index (χ4v) is 2.70. The second kappa shape index (κ2) is 8.43. The third-order valence-electron chi connectivity index (χ3n) is 4.11. The van der Waals surface area contributed by atoms with E-state index in [0.29, 0.717) is 19.4 Å². The lowest BCUT2D eigenvalue weighted by Crippen LogP contribution is -2.33. The Morgan fingerprint density at radius 3 is 2.59 bits per heavy atom. The quantitative estimate of drug-likeness (QED) is 0.727. The Morgan fingerprint density at radius 2 is 2.00 bits per heavy atom. The lowest BCUT2D eigenvalue weighted by molar-refractivity contribution is -0.132. The molecule has 118 valence electrons. The molecule has 1 atom stereocenters. The summed E-state index contributed by atoms with van der Waals surface area (Å²) in [6, 6.07) is 10.2. The van der Waals surface area contributed by atoms with Crippen LogP contribution in [0.2, 0.25) is 0 Å². The van der Waals surface area contributed by atoms with Gasteiger partial charge in [-0.2, -0.15) is 5.26 Å². The highest BCUT2D eigenvalue weighted by molar-refractivity contribution is 5.81. The van der Waals surface area contributed by atoms with Crippen molar-refractivity contribution in [2.24, 2.45) is 5.92 Å². The van der Waals surface area contributed by atoms with Crippen LogP contribution in [0.3, 0.4) is 0 Å². The number of carbonyl (C=O) groups is 1. The molecule has 1 saturated heterocycles. The van der Waals surface area contributed by atoms with Crippen LogP contribution in [0.25, 0.3) is 0 Å². The van der Waals surface area contributed by atoms with Crippen LogP contribution in [0, 0.1) is 17.2 Å². The maximum Gasteiger partial charge on any atom is 0.239 e. The molecule has 22 heavy (non-hydrogen) atoms. The van der Waals surface area contributed by atoms with Crippen molar-refractivity contribution in [3.8, 4) is 11.8 Å². The number of rotatable bonds is 7. The summed E-state index contributed by atoms with van der Waals surface area (Å²) < 4.78 is 5.67. The summed E-state index contributed by atoms with van der Waals surface area (Å²) in [5, 5.41) is 9.19. The smallest absolute Gasteiger partial charge is 0.239 e. The van der Waals surface area contributed by atoms with Gasteiger partial charge < -0.3 is 9.64 Å². The first-order valence-corrected chi connectivity index (χ1v) is 8.14. The molecule has 0 radical (unpaired) electrons. The second-order valence-corrected chi connectivity index (χ2v) is 5.70. The monoisotopic (exact) mass is 300 g/mol. The number of hydrogen-bond acceptors (Lipinski definition) is 3. The number of nitriles is 1. The summed E-state index contributed by atoms with van der Waals surface area (Å²) in [5.41, 5.74) is 1.29. The lowest BCUT2D eigenvalue weighted by Gasteiger charge is -2.18. The normalized spacial score (nSPS) is 15.4. The summed E-state index contributed by atoms with van der Waals surface area (Å²) in [5.74, 6) is 0.313. The van der Waals surface area contributed by atoms with Gasteiger partial charge in [0.15, 0.2) is 0 Å². The number of hydrogen-bond donors (Lipinski definition) is 0. The van der Waals surface area contributed by atoms with Crippen molar-refractivity contribution in [2.45, 2.75) is 39.0 Å². The van der Waals surface area contributed by atoms with E-state index in [2.05, 4.69) is 25.1 Å². The van der Waals surface area contributed by atoms with Crippen LogP contribution in [0.4, 0.5) is 0 Å². The van der Waals surface area contributed by atoms with Crippen LogP contribution < -0.4 is 4.74 Å². The number of nitrogens with zero attached hydrogens (tertiary/aromatic N) is 2. The summed E-state index contributed by atoms with van der Waals surface area (Å²) in [6.45, 7) is 4.26. The maximum atomic E-state index is 12.2. The summed E-state index contributed by atoms with van der Waals surface area (Å²) in [4.78, 5) is 14.0. The SMILES string of the molecule is CCc1ccc(OCCCC(C#N)C(=O)N2CCCC2)cc1. The fourth-order valence-electron chi connectivity index (χ4n) is 2.70. The first-order chi connectivity index (χ1) is 10.7. The fraction of sp³-hybridized carbons (Fsp3) is 0.556. The Hall–Kier alpha value is -2.02. The van der Waals surface area contributed by atoms with E-state index in [1.54, 1.807) is 0 Å². The number of likely N-dealkylation sites (tertiary alicyclic amines) is 1. The van der Waals surface area contributed by atoms with Gasteiger partial charge in [-0.05, 0) is 49.8 Å². The summed E-state index contributed by atoms with van der Waals surface area (Å²) in [6.07, 6.45) is 4.41. The lowest BCUT2D eigenvalue weighted by atomic mass is 10.0. The molecule has 1 aliphatic heterocycles. The first kappa shape index (κ1) is 16.4. The molecule has 1 fully saturated rings. The number of amides is 1. The van der Waals surface area contributed by atoms with E-state index in [1.165, 1.54) is 5.56 Å². The number of carbonyl (C=O) groups excluding carboxylic acids is 1. The van der Waals surface area contributed by atoms with Gasteiger partial charge in [0, 0.05) is 13.1 Å². The third kappa shape index (κ3) is 4.49. The van der Waals surface area contributed by atoms with Crippen molar-refractivity contribution < 1.29 is 9.53 Å². The van der Waals surface area contributed by atoms with Gasteiger partial charge in [-0.3, -0.25) is 4.79 Å². The van der Waals surface area contributed by atoms with Crippen molar-refractivity contribution in [3.05, 3.63) is 29.8 Å². The topological polar surface area (TPSA) is 53.3 Å². The maximum absolute atomic E-state index is 12.2. The van der Waals surface area contributed by atoms with E-state index in [1.807, 2.05) is 17.0 Å². The molecule has 1 aliphatic rings. The van der Waals surface area contributed by atoms with Gasteiger partial charge in [-0.15, -0.1) is 0 Å². The number of benzene rings is 1. The van der Waals surface area contributed by atoms with Gasteiger partial charge in [0.2, 0.25) is 5.91 Å². The standard InChI is InChI=1S/C18H24N2O2/c1-2-15-7-9-17(10-8-15)22-13-5-6-16(14-19)18(21)20-11-3-4-12-20/h7-10,16H,2-6,11-13H2,1H3. The molecule has 1 amide bonds. The molecule has 1 aromatic rings. The van der Waals surface area contributed by atoms with Gasteiger partial charge in [-0.1, -0.05) is 19.1 Å². The van der Waals surface area contributed by atoms with E-state index in [0.717, 1.165) is 38.1 Å². The van der Waals surface area contributed by atoms with Gasteiger partial charge >= 0.3 is 0 Å². The van der Waals surface area contributed by atoms with E-state index in [9.17, 15) is 10.1 Å². The number of aryl methyl sites for hydroxylation is 1. The Bertz CT molecular complexity index is 513. The minimum atomic E-state index is -0.524. The van der Waals surface area contributed by atoms with Crippen LogP contribution in [0.15, 0.2) is 24.3 Å². The zero-order valence-electron chi connectivity index (χ0n) is 13.3. The van der Waals surface area contributed by atoms with E-state index >= 15 is 0 Å². The molecule has 1 heterocycles. The molecular weight excluding hydrogens is 276 g/mol. The van der Waals surface area contributed by atoms with Gasteiger partial charge in [-0.25, -0.2) is 0 Å². The zero-order chi connectivity index (χ0) is 15.8. The number of ether oxygens (including phenoxy) is 1. The third-order valence-corrected chi connectivity index (χ3v) is 4.11. The molecule has 0 spiro atoms. The summed E-state index contributed by atoms with van der Waals surface area (Å²) >= 11 is 0. The largest absolute Gasteiger partial charge is 0.494 e. The van der Waals surface area contributed by atoms with Crippen LogP contribution in [0.5, 0.6) is 5.75 Å². The molecule has 0 bridgehead atoms. The van der Waals surface area contributed by atoms with Crippen LogP contribution in [-0.2, 0) is 11.2 Å². The molecule has 1 unspecified atom stereocenters. The Morgan fingerprint density at radius 1 is 1.32 bits per heavy atom. The minimum Gasteiger partial charge on any atom is -0.494 e. The average Bonchev–Trinajstić information content (AvgIpc) is 3.09. The van der Waals surface area contributed by atoms with Crippen molar-refractivity contribution in [2.75, 3.05) is 19.7 Å². The zero-order valence-corrected chi connectivity index (χ0v) is 13.3. The average molecular weight is 300 g/mol. The molecule has 0 aliphatic carbocycles. The molecule has 2 rings (SSSR count). The van der Waals surface area contributed by atoms with Crippen molar-refractivity contribution in [1.82, 2.24) is 4.90 Å². The highest BCUT2D eigenvalue weighted by atomic mass is 16.5. The molecule has 4 nitrogen and oxygen atoms in total. The molecular formula is C18H24N2O2. The molecule has 4 heteroatoms. The molecule has 0 N–H and O–H groups in total. The van der Waals surface area contributed by atoms with Crippen LogP contribution >= 0.6 is 0 Å². The second-order valence-electron chi connectivity index (χ2n) is 5.70. The van der Waals surface area contributed by atoms with Gasteiger partial charge in [0.25, 0.3) is 0 Å². The van der Waals surface area contributed by atoms with E-state index < -0.39 is 5.92 Å². The molecule has 0 saturated carbocycles. The van der Waals surface area contributed by atoms with Crippen molar-refractivity contribution >= 4 is 5.91 Å². The van der Waals surface area contributed by atoms with Crippen molar-refractivity contribution in [3.63, 3.8) is 0 Å². The van der Waals surface area contributed by atoms with Crippen LogP contribution in [-0.4, -0.2) is 30.5 Å². The minimum absolute atomic E-state index is 0.00713. The molecule has 1 aromatic carbocycles. The van der Waals surface area contributed by atoms with Gasteiger partial charge in [0.05, 0.1) is 12.7 Å².